The van der Waals surface area contributed by atoms with Gasteiger partial charge in [-0.2, -0.15) is 5.10 Å². The summed E-state index contributed by atoms with van der Waals surface area (Å²) in [5.41, 5.74) is 1.45. The molecule has 3 rings (SSSR count). The van der Waals surface area contributed by atoms with Crippen LogP contribution in [0.2, 0.25) is 0 Å². The fraction of sp³-hybridized carbons (Fsp3) is 0.421. The highest BCUT2D eigenvalue weighted by Gasteiger charge is 2.19. The minimum atomic E-state index is -0.388. The van der Waals surface area contributed by atoms with E-state index in [9.17, 15) is 14.0 Å². The number of piperidine rings is 1. The Kier molecular flexibility index (Phi) is 6.54. The van der Waals surface area contributed by atoms with E-state index in [2.05, 4.69) is 21.0 Å². The summed E-state index contributed by atoms with van der Waals surface area (Å²) in [6, 6.07) is 7.28. The van der Waals surface area contributed by atoms with Gasteiger partial charge in [0.1, 0.15) is 12.4 Å². The van der Waals surface area contributed by atoms with Gasteiger partial charge in [0, 0.05) is 43.0 Å². The van der Waals surface area contributed by atoms with Crippen LogP contribution in [0, 0.1) is 5.82 Å². The number of carbonyl (C=O) groups is 2. The van der Waals surface area contributed by atoms with Gasteiger partial charge in [0.15, 0.2) is 0 Å². The third kappa shape index (κ3) is 5.37. The first-order valence-corrected chi connectivity index (χ1v) is 9.16. The van der Waals surface area contributed by atoms with E-state index in [1.807, 2.05) is 6.07 Å². The molecule has 1 saturated heterocycles. The Hall–Kier alpha value is -2.74. The molecule has 144 valence electrons. The normalized spacial score (nSPS) is 16.7. The van der Waals surface area contributed by atoms with Crippen LogP contribution in [0.3, 0.4) is 0 Å². The summed E-state index contributed by atoms with van der Waals surface area (Å²) in [4.78, 5) is 24.1. The van der Waals surface area contributed by atoms with Crippen molar-refractivity contribution in [2.24, 2.45) is 0 Å². The van der Waals surface area contributed by atoms with E-state index >= 15 is 0 Å². The van der Waals surface area contributed by atoms with Crippen molar-refractivity contribution >= 4 is 11.8 Å². The topological polar surface area (TPSA) is 88.1 Å². The number of aromatic nitrogens is 2. The van der Waals surface area contributed by atoms with Crippen LogP contribution >= 0.6 is 0 Å². The summed E-state index contributed by atoms with van der Waals surface area (Å²) < 4.78 is 14.6. The van der Waals surface area contributed by atoms with E-state index < -0.39 is 0 Å². The lowest BCUT2D eigenvalue weighted by molar-refractivity contribution is -0.121. The van der Waals surface area contributed by atoms with E-state index in [1.54, 1.807) is 10.9 Å². The molecule has 0 bridgehead atoms. The molecule has 0 aliphatic carbocycles. The van der Waals surface area contributed by atoms with Crippen LogP contribution in [0.15, 0.2) is 36.5 Å². The van der Waals surface area contributed by atoms with E-state index in [4.69, 9.17) is 0 Å². The maximum atomic E-state index is 12.9. The van der Waals surface area contributed by atoms with Gasteiger partial charge in [-0.05, 0) is 49.7 Å². The van der Waals surface area contributed by atoms with E-state index in [-0.39, 0.29) is 24.2 Å². The quantitative estimate of drug-likeness (QED) is 0.633. The van der Waals surface area contributed by atoms with Gasteiger partial charge in [-0.1, -0.05) is 0 Å². The highest BCUT2D eigenvalue weighted by molar-refractivity contribution is 5.94. The van der Waals surface area contributed by atoms with Crippen LogP contribution in [0.25, 0.3) is 0 Å². The Morgan fingerprint density at radius 1 is 1.19 bits per heavy atom. The lowest BCUT2D eigenvalue weighted by atomic mass is 9.96. The molecule has 1 aliphatic heterocycles. The zero-order valence-electron chi connectivity index (χ0n) is 15.1. The Labute approximate surface area is 157 Å². The van der Waals surface area contributed by atoms with Crippen LogP contribution < -0.4 is 16.0 Å². The second-order valence-electron chi connectivity index (χ2n) is 6.57. The van der Waals surface area contributed by atoms with Crippen molar-refractivity contribution in [3.05, 3.63) is 53.6 Å². The van der Waals surface area contributed by atoms with Gasteiger partial charge in [-0.25, -0.2) is 4.39 Å². The summed E-state index contributed by atoms with van der Waals surface area (Å²) in [6.07, 6.45) is 3.94. The Morgan fingerprint density at radius 3 is 2.70 bits per heavy atom. The SMILES string of the molecule is O=C(Cn1nccc1C1CCCNC1)NCCNC(=O)c1ccc(F)cc1. The summed E-state index contributed by atoms with van der Waals surface area (Å²) in [5.74, 6) is -0.465. The number of nitrogens with one attached hydrogen (secondary N) is 3. The zero-order chi connectivity index (χ0) is 19.1. The highest BCUT2D eigenvalue weighted by Crippen LogP contribution is 2.22. The van der Waals surface area contributed by atoms with Crippen molar-refractivity contribution in [3.8, 4) is 0 Å². The minimum Gasteiger partial charge on any atom is -0.353 e. The molecule has 8 heteroatoms. The second kappa shape index (κ2) is 9.27. The average molecular weight is 373 g/mol. The summed E-state index contributed by atoms with van der Waals surface area (Å²) >= 11 is 0. The molecule has 0 radical (unpaired) electrons. The monoisotopic (exact) mass is 373 g/mol. The second-order valence-corrected chi connectivity index (χ2v) is 6.57. The molecule has 2 amide bonds. The molecule has 1 atom stereocenters. The molecule has 3 N–H and O–H groups in total. The summed E-state index contributed by atoms with van der Waals surface area (Å²) in [5, 5.41) is 13.1. The maximum Gasteiger partial charge on any atom is 0.251 e. The zero-order valence-corrected chi connectivity index (χ0v) is 15.1. The van der Waals surface area contributed by atoms with Crippen molar-refractivity contribution in [2.45, 2.75) is 25.3 Å². The summed E-state index contributed by atoms with van der Waals surface area (Å²) in [6.45, 7) is 2.70. The number of carbonyl (C=O) groups excluding carboxylic acids is 2. The Balaban J connectivity index is 1.41. The van der Waals surface area contributed by atoms with Gasteiger partial charge < -0.3 is 16.0 Å². The Bertz CT molecular complexity index is 769. The third-order valence-electron chi connectivity index (χ3n) is 4.60. The predicted octanol–water partition coefficient (Wildman–Crippen LogP) is 1.04. The number of hydrogen-bond donors (Lipinski definition) is 3. The number of rotatable bonds is 7. The molecule has 1 aliphatic rings. The molecule has 27 heavy (non-hydrogen) atoms. The fourth-order valence-corrected chi connectivity index (χ4v) is 3.20. The molecule has 1 aromatic carbocycles. The highest BCUT2D eigenvalue weighted by atomic mass is 19.1. The van der Waals surface area contributed by atoms with E-state index in [0.29, 0.717) is 24.6 Å². The molecule has 1 unspecified atom stereocenters. The van der Waals surface area contributed by atoms with Gasteiger partial charge in [-0.3, -0.25) is 14.3 Å². The molecular formula is C19H24FN5O2. The minimum absolute atomic E-state index is 0.153. The van der Waals surface area contributed by atoms with Gasteiger partial charge in [-0.15, -0.1) is 0 Å². The first-order valence-electron chi connectivity index (χ1n) is 9.16. The van der Waals surface area contributed by atoms with Crippen LogP contribution in [0.4, 0.5) is 4.39 Å². The molecule has 7 nitrogen and oxygen atoms in total. The van der Waals surface area contributed by atoms with Crippen LogP contribution in [0.5, 0.6) is 0 Å². The lowest BCUT2D eigenvalue weighted by Gasteiger charge is -2.23. The molecule has 2 heterocycles. The number of halogens is 1. The van der Waals surface area contributed by atoms with Crippen LogP contribution in [-0.4, -0.2) is 47.8 Å². The third-order valence-corrected chi connectivity index (χ3v) is 4.60. The van der Waals surface area contributed by atoms with Crippen molar-refractivity contribution in [1.29, 1.82) is 0 Å². The first kappa shape index (κ1) is 19.0. The Morgan fingerprint density at radius 2 is 1.96 bits per heavy atom. The molecule has 0 spiro atoms. The molecular weight excluding hydrogens is 349 g/mol. The van der Waals surface area contributed by atoms with E-state index in [1.165, 1.54) is 24.3 Å². The fourth-order valence-electron chi connectivity index (χ4n) is 3.20. The van der Waals surface area contributed by atoms with Gasteiger partial charge in [0.2, 0.25) is 5.91 Å². The number of hydrogen-bond acceptors (Lipinski definition) is 4. The van der Waals surface area contributed by atoms with Gasteiger partial charge in [0.05, 0.1) is 0 Å². The molecule has 1 aromatic heterocycles. The standard InChI is InChI=1S/C19H24FN5O2/c20-16-5-3-14(4-6-16)19(27)23-11-10-22-18(26)13-25-17(7-9-24-25)15-2-1-8-21-12-15/h3-7,9,15,21H,1-2,8,10-13H2,(H,22,26)(H,23,27). The van der Waals surface area contributed by atoms with Crippen LogP contribution in [0.1, 0.15) is 34.8 Å². The lowest BCUT2D eigenvalue weighted by Crippen LogP contribution is -2.37. The smallest absolute Gasteiger partial charge is 0.251 e. The van der Waals surface area contributed by atoms with Crippen molar-refractivity contribution in [2.75, 3.05) is 26.2 Å². The van der Waals surface area contributed by atoms with Crippen molar-refractivity contribution in [3.63, 3.8) is 0 Å². The largest absolute Gasteiger partial charge is 0.353 e. The van der Waals surface area contributed by atoms with Gasteiger partial charge >= 0.3 is 0 Å². The summed E-state index contributed by atoms with van der Waals surface area (Å²) in [7, 11) is 0. The number of nitrogens with zero attached hydrogens (tertiary/aromatic N) is 2. The molecule has 0 saturated carbocycles. The predicted molar refractivity (Wildman–Crippen MR) is 98.8 cm³/mol. The van der Waals surface area contributed by atoms with Gasteiger partial charge in [0.25, 0.3) is 5.91 Å². The maximum absolute atomic E-state index is 12.9. The van der Waals surface area contributed by atoms with Crippen LogP contribution in [-0.2, 0) is 11.3 Å². The average Bonchev–Trinajstić information content (AvgIpc) is 3.14. The van der Waals surface area contributed by atoms with E-state index in [0.717, 1.165) is 31.6 Å². The number of benzene rings is 1. The number of amides is 2. The first-order chi connectivity index (χ1) is 13.1. The van der Waals surface area contributed by atoms with Crippen molar-refractivity contribution < 1.29 is 14.0 Å². The molecule has 1 fully saturated rings. The van der Waals surface area contributed by atoms with Crippen molar-refractivity contribution in [1.82, 2.24) is 25.7 Å². The molecule has 2 aromatic rings.